The summed E-state index contributed by atoms with van der Waals surface area (Å²) in [7, 11) is 0. The van der Waals surface area contributed by atoms with Crippen LogP contribution < -0.4 is 10.1 Å². The molecule has 2 heterocycles. The van der Waals surface area contributed by atoms with E-state index in [9.17, 15) is 0 Å². The van der Waals surface area contributed by atoms with E-state index in [0.717, 1.165) is 36.5 Å². The van der Waals surface area contributed by atoms with Crippen LogP contribution in [0.5, 0.6) is 5.88 Å². The second kappa shape index (κ2) is 6.15. The fourth-order valence-electron chi connectivity index (χ4n) is 1.90. The van der Waals surface area contributed by atoms with Gasteiger partial charge in [0.05, 0.1) is 11.1 Å². The molecule has 1 atom stereocenters. The van der Waals surface area contributed by atoms with Gasteiger partial charge in [0, 0.05) is 6.20 Å². The molecule has 0 bridgehead atoms. The third kappa shape index (κ3) is 3.42. The van der Waals surface area contributed by atoms with Crippen LogP contribution in [0, 0.1) is 5.92 Å². The van der Waals surface area contributed by atoms with Crippen molar-refractivity contribution in [1.82, 2.24) is 15.3 Å². The lowest BCUT2D eigenvalue weighted by Gasteiger charge is -2.22. The first-order chi connectivity index (χ1) is 7.86. The lowest BCUT2D eigenvalue weighted by molar-refractivity contribution is 0.246. The number of aromatic nitrogens is 2. The Morgan fingerprint density at radius 1 is 1.56 bits per heavy atom. The summed E-state index contributed by atoms with van der Waals surface area (Å²) < 4.78 is 6.43. The highest BCUT2D eigenvalue weighted by atomic mass is 79.9. The summed E-state index contributed by atoms with van der Waals surface area (Å²) >= 11 is 3.36. The van der Waals surface area contributed by atoms with Crippen LogP contribution in [-0.4, -0.2) is 29.7 Å². The molecule has 16 heavy (non-hydrogen) atoms. The SMILES string of the molecule is Brc1cncnc1OCCC1CCCNC1. The van der Waals surface area contributed by atoms with Crippen molar-refractivity contribution in [3.05, 3.63) is 17.0 Å². The van der Waals surface area contributed by atoms with Gasteiger partial charge >= 0.3 is 0 Å². The molecular weight excluding hydrogens is 270 g/mol. The number of nitrogens with zero attached hydrogens (tertiary/aromatic N) is 2. The van der Waals surface area contributed by atoms with Gasteiger partial charge in [-0.25, -0.2) is 9.97 Å². The summed E-state index contributed by atoms with van der Waals surface area (Å²) in [5, 5.41) is 3.40. The first-order valence-electron chi connectivity index (χ1n) is 5.65. The van der Waals surface area contributed by atoms with Gasteiger partial charge in [-0.2, -0.15) is 0 Å². The second-order valence-corrected chi connectivity index (χ2v) is 4.88. The number of piperidine rings is 1. The summed E-state index contributed by atoms with van der Waals surface area (Å²) in [6.07, 6.45) is 6.87. The summed E-state index contributed by atoms with van der Waals surface area (Å²) in [4.78, 5) is 7.96. The number of rotatable bonds is 4. The second-order valence-electron chi connectivity index (χ2n) is 4.03. The average Bonchev–Trinajstić information content (AvgIpc) is 2.33. The van der Waals surface area contributed by atoms with Gasteiger partial charge in [0.15, 0.2) is 0 Å². The van der Waals surface area contributed by atoms with Gasteiger partial charge in [-0.1, -0.05) is 0 Å². The van der Waals surface area contributed by atoms with Crippen molar-refractivity contribution in [2.24, 2.45) is 5.92 Å². The van der Waals surface area contributed by atoms with E-state index in [4.69, 9.17) is 4.74 Å². The quantitative estimate of drug-likeness (QED) is 0.919. The number of hydrogen-bond donors (Lipinski definition) is 1. The third-order valence-electron chi connectivity index (χ3n) is 2.80. The molecular formula is C11H16BrN3O. The van der Waals surface area contributed by atoms with Gasteiger partial charge in [0.25, 0.3) is 0 Å². The topological polar surface area (TPSA) is 47.0 Å². The minimum atomic E-state index is 0.638. The monoisotopic (exact) mass is 285 g/mol. The first kappa shape index (κ1) is 11.8. The molecule has 4 nitrogen and oxygen atoms in total. The molecule has 0 spiro atoms. The predicted molar refractivity (Wildman–Crippen MR) is 65.4 cm³/mol. The highest BCUT2D eigenvalue weighted by Crippen LogP contribution is 2.21. The Morgan fingerprint density at radius 2 is 2.50 bits per heavy atom. The smallest absolute Gasteiger partial charge is 0.231 e. The van der Waals surface area contributed by atoms with Crippen molar-refractivity contribution in [3.63, 3.8) is 0 Å². The molecule has 1 N–H and O–H groups in total. The number of halogens is 1. The molecule has 1 aromatic heterocycles. The molecule has 0 amide bonds. The van der Waals surface area contributed by atoms with E-state index >= 15 is 0 Å². The van der Waals surface area contributed by atoms with Gasteiger partial charge < -0.3 is 10.1 Å². The van der Waals surface area contributed by atoms with Crippen LogP contribution >= 0.6 is 15.9 Å². The van der Waals surface area contributed by atoms with E-state index in [-0.39, 0.29) is 0 Å². The zero-order valence-corrected chi connectivity index (χ0v) is 10.7. The fraction of sp³-hybridized carbons (Fsp3) is 0.636. The Morgan fingerprint density at radius 3 is 3.25 bits per heavy atom. The highest BCUT2D eigenvalue weighted by molar-refractivity contribution is 9.10. The van der Waals surface area contributed by atoms with E-state index in [1.165, 1.54) is 19.2 Å². The van der Waals surface area contributed by atoms with Crippen molar-refractivity contribution >= 4 is 15.9 Å². The van der Waals surface area contributed by atoms with Crippen molar-refractivity contribution in [3.8, 4) is 5.88 Å². The molecule has 1 saturated heterocycles. The predicted octanol–water partition coefficient (Wildman–Crippen LogP) is 2.01. The van der Waals surface area contributed by atoms with Gasteiger partial charge in [-0.05, 0) is 54.2 Å². The molecule has 1 fully saturated rings. The molecule has 1 aromatic rings. The zero-order valence-electron chi connectivity index (χ0n) is 9.16. The van der Waals surface area contributed by atoms with Gasteiger partial charge in [0.1, 0.15) is 6.33 Å². The van der Waals surface area contributed by atoms with Crippen LogP contribution in [0.25, 0.3) is 0 Å². The van der Waals surface area contributed by atoms with E-state index in [2.05, 4.69) is 31.2 Å². The highest BCUT2D eigenvalue weighted by Gasteiger charge is 2.13. The zero-order chi connectivity index (χ0) is 11.2. The van der Waals surface area contributed by atoms with Crippen molar-refractivity contribution in [2.75, 3.05) is 19.7 Å². The van der Waals surface area contributed by atoms with E-state index in [0.29, 0.717) is 5.88 Å². The van der Waals surface area contributed by atoms with Gasteiger partial charge in [-0.3, -0.25) is 0 Å². The molecule has 0 saturated carbocycles. The molecule has 0 aromatic carbocycles. The van der Waals surface area contributed by atoms with E-state index in [1.54, 1.807) is 6.20 Å². The standard InChI is InChI=1S/C11H16BrN3O/c12-10-7-14-8-15-11(10)16-5-3-9-2-1-4-13-6-9/h7-9,13H,1-6H2. The Hall–Kier alpha value is -0.680. The Labute approximate surface area is 104 Å². The van der Waals surface area contributed by atoms with Crippen LogP contribution in [0.2, 0.25) is 0 Å². The minimum Gasteiger partial charge on any atom is -0.477 e. The molecule has 1 unspecified atom stereocenters. The van der Waals surface area contributed by atoms with Crippen LogP contribution in [0.15, 0.2) is 17.0 Å². The number of ether oxygens (including phenoxy) is 1. The largest absolute Gasteiger partial charge is 0.477 e. The normalized spacial score (nSPS) is 20.7. The van der Waals surface area contributed by atoms with Crippen molar-refractivity contribution in [2.45, 2.75) is 19.3 Å². The summed E-state index contributed by atoms with van der Waals surface area (Å²) in [6.45, 7) is 3.01. The lowest BCUT2D eigenvalue weighted by atomic mass is 9.97. The molecule has 88 valence electrons. The number of nitrogens with one attached hydrogen (secondary N) is 1. The molecule has 1 aliphatic rings. The molecule has 5 heteroatoms. The van der Waals surface area contributed by atoms with E-state index < -0.39 is 0 Å². The third-order valence-corrected chi connectivity index (χ3v) is 3.34. The molecule has 2 rings (SSSR count). The van der Waals surface area contributed by atoms with Crippen LogP contribution in [-0.2, 0) is 0 Å². The van der Waals surface area contributed by atoms with Crippen molar-refractivity contribution < 1.29 is 4.74 Å². The average molecular weight is 286 g/mol. The van der Waals surface area contributed by atoms with Crippen LogP contribution in [0.4, 0.5) is 0 Å². The maximum Gasteiger partial charge on any atom is 0.231 e. The summed E-state index contributed by atoms with van der Waals surface area (Å²) in [5.41, 5.74) is 0. The van der Waals surface area contributed by atoms with E-state index in [1.807, 2.05) is 0 Å². The number of hydrogen-bond acceptors (Lipinski definition) is 4. The fourth-order valence-corrected chi connectivity index (χ4v) is 2.24. The maximum absolute atomic E-state index is 5.61. The van der Waals surface area contributed by atoms with Crippen LogP contribution in [0.1, 0.15) is 19.3 Å². The summed E-state index contributed by atoms with van der Waals surface area (Å²) in [5.74, 6) is 1.38. The first-order valence-corrected chi connectivity index (χ1v) is 6.44. The van der Waals surface area contributed by atoms with Gasteiger partial charge in [-0.15, -0.1) is 0 Å². The summed E-state index contributed by atoms with van der Waals surface area (Å²) in [6, 6.07) is 0. The van der Waals surface area contributed by atoms with Crippen molar-refractivity contribution in [1.29, 1.82) is 0 Å². The molecule has 0 aliphatic carbocycles. The van der Waals surface area contributed by atoms with Gasteiger partial charge in [0.2, 0.25) is 5.88 Å². The Bertz CT molecular complexity index is 329. The molecule has 1 aliphatic heterocycles. The lowest BCUT2D eigenvalue weighted by Crippen LogP contribution is -2.30. The Balaban J connectivity index is 1.73. The maximum atomic E-state index is 5.61. The van der Waals surface area contributed by atoms with Crippen LogP contribution in [0.3, 0.4) is 0 Å². The molecule has 0 radical (unpaired) electrons. The minimum absolute atomic E-state index is 0.638. The Kier molecular flexibility index (Phi) is 4.54.